The van der Waals surface area contributed by atoms with Crippen molar-refractivity contribution in [1.82, 2.24) is 19.9 Å². The molecular formula is C47H32N4. The largest absolute Gasteiger partial charge is 0.255 e. The fourth-order valence-electron chi connectivity index (χ4n) is 8.12. The van der Waals surface area contributed by atoms with E-state index in [9.17, 15) is 0 Å². The average Bonchev–Trinajstić information content (AvgIpc) is 3.44. The third-order valence-corrected chi connectivity index (χ3v) is 10.5. The van der Waals surface area contributed by atoms with Crippen molar-refractivity contribution in [3.05, 3.63) is 169 Å². The van der Waals surface area contributed by atoms with Gasteiger partial charge in [-0.2, -0.15) is 0 Å². The zero-order chi connectivity index (χ0) is 34.1. The van der Waals surface area contributed by atoms with Crippen LogP contribution >= 0.6 is 0 Å². The van der Waals surface area contributed by atoms with E-state index in [1.165, 1.54) is 54.6 Å². The second-order valence-corrected chi connectivity index (χ2v) is 13.9. The van der Waals surface area contributed by atoms with Crippen LogP contribution in [-0.4, -0.2) is 19.9 Å². The molecule has 0 amide bonds. The molecule has 0 spiro atoms. The highest BCUT2D eigenvalue weighted by Gasteiger charge is 2.38. The molecule has 0 bridgehead atoms. The van der Waals surface area contributed by atoms with E-state index in [0.717, 1.165) is 27.9 Å². The van der Waals surface area contributed by atoms with Crippen molar-refractivity contribution in [2.75, 3.05) is 0 Å². The number of nitrogens with zero attached hydrogens (tertiary/aromatic N) is 4. The predicted molar refractivity (Wildman–Crippen MR) is 209 cm³/mol. The number of pyridine rings is 1. The Balaban J connectivity index is 1.08. The van der Waals surface area contributed by atoms with Crippen LogP contribution in [0.25, 0.3) is 88.9 Å². The molecule has 240 valence electrons. The van der Waals surface area contributed by atoms with E-state index in [4.69, 9.17) is 19.9 Å². The van der Waals surface area contributed by atoms with E-state index < -0.39 is 0 Å². The first-order chi connectivity index (χ1) is 25.0. The second kappa shape index (κ2) is 11.3. The minimum Gasteiger partial charge on any atom is -0.255 e. The van der Waals surface area contributed by atoms with Crippen LogP contribution in [0.4, 0.5) is 0 Å². The van der Waals surface area contributed by atoms with Crippen LogP contribution in [0.2, 0.25) is 0 Å². The summed E-state index contributed by atoms with van der Waals surface area (Å²) in [6.07, 6.45) is 1.87. The maximum atomic E-state index is 4.94. The molecular weight excluding hydrogens is 621 g/mol. The Morgan fingerprint density at radius 2 is 1.04 bits per heavy atom. The zero-order valence-corrected chi connectivity index (χ0v) is 28.3. The van der Waals surface area contributed by atoms with E-state index in [2.05, 4.69) is 105 Å². The first-order valence-corrected chi connectivity index (χ1v) is 17.4. The molecule has 0 radical (unpaired) electrons. The fourth-order valence-corrected chi connectivity index (χ4v) is 8.12. The Morgan fingerprint density at radius 3 is 1.73 bits per heavy atom. The lowest BCUT2D eigenvalue weighted by Crippen LogP contribution is -2.15. The summed E-state index contributed by atoms with van der Waals surface area (Å²) in [5.41, 5.74) is 10.1. The van der Waals surface area contributed by atoms with Gasteiger partial charge in [0.05, 0.1) is 5.69 Å². The van der Waals surface area contributed by atoms with Gasteiger partial charge in [-0.05, 0) is 72.8 Å². The molecule has 0 aliphatic heterocycles. The third-order valence-electron chi connectivity index (χ3n) is 10.5. The number of fused-ring (bicyclic) bond motifs is 10. The van der Waals surface area contributed by atoms with Crippen molar-refractivity contribution < 1.29 is 0 Å². The van der Waals surface area contributed by atoms with Crippen LogP contribution in [0.5, 0.6) is 0 Å². The molecule has 10 rings (SSSR count). The smallest absolute Gasteiger partial charge is 0.165 e. The van der Waals surface area contributed by atoms with Crippen LogP contribution in [-0.2, 0) is 5.41 Å². The average molecular weight is 653 g/mol. The van der Waals surface area contributed by atoms with E-state index >= 15 is 0 Å². The Morgan fingerprint density at radius 1 is 0.451 bits per heavy atom. The maximum absolute atomic E-state index is 4.94. The number of hydrogen-bond donors (Lipinski definition) is 0. The summed E-state index contributed by atoms with van der Waals surface area (Å²) in [5, 5.41) is 7.70. The first kappa shape index (κ1) is 29.4. The van der Waals surface area contributed by atoms with E-state index in [-0.39, 0.29) is 5.41 Å². The normalized spacial score (nSPS) is 13.1. The molecule has 0 N–H and O–H groups in total. The zero-order valence-electron chi connectivity index (χ0n) is 28.3. The topological polar surface area (TPSA) is 51.6 Å². The summed E-state index contributed by atoms with van der Waals surface area (Å²) in [7, 11) is 0. The van der Waals surface area contributed by atoms with Crippen LogP contribution in [0.15, 0.2) is 158 Å². The summed E-state index contributed by atoms with van der Waals surface area (Å²) < 4.78 is 0. The molecule has 2 aromatic heterocycles. The molecule has 0 fully saturated rings. The Labute approximate surface area is 296 Å². The molecule has 51 heavy (non-hydrogen) atoms. The summed E-state index contributed by atoms with van der Waals surface area (Å²) >= 11 is 0. The lowest BCUT2D eigenvalue weighted by atomic mass is 9.79. The molecule has 0 atom stereocenters. The van der Waals surface area contributed by atoms with Crippen molar-refractivity contribution in [3.63, 3.8) is 0 Å². The second-order valence-electron chi connectivity index (χ2n) is 13.9. The Kier molecular flexibility index (Phi) is 6.49. The molecule has 4 nitrogen and oxygen atoms in total. The molecule has 7 aromatic carbocycles. The van der Waals surface area contributed by atoms with Gasteiger partial charge in [0.1, 0.15) is 0 Å². The minimum absolute atomic E-state index is 0.0795. The lowest BCUT2D eigenvalue weighted by Gasteiger charge is -2.24. The van der Waals surface area contributed by atoms with Gasteiger partial charge in [0.2, 0.25) is 0 Å². The molecule has 0 saturated heterocycles. The van der Waals surface area contributed by atoms with Gasteiger partial charge in [0.25, 0.3) is 0 Å². The summed E-state index contributed by atoms with van der Waals surface area (Å²) in [6, 6.07) is 53.4. The van der Waals surface area contributed by atoms with Crippen LogP contribution < -0.4 is 0 Å². The van der Waals surface area contributed by atoms with Crippen molar-refractivity contribution >= 4 is 32.3 Å². The molecule has 9 aromatic rings. The van der Waals surface area contributed by atoms with E-state index in [0.29, 0.717) is 17.5 Å². The molecule has 1 aliphatic rings. The molecule has 0 unspecified atom stereocenters. The molecule has 0 saturated carbocycles. The van der Waals surface area contributed by atoms with E-state index in [1.54, 1.807) is 0 Å². The van der Waals surface area contributed by atoms with Gasteiger partial charge in [0, 0.05) is 33.9 Å². The van der Waals surface area contributed by atoms with Gasteiger partial charge in [0.15, 0.2) is 17.5 Å². The molecule has 4 heteroatoms. The van der Waals surface area contributed by atoms with Gasteiger partial charge in [-0.15, -0.1) is 0 Å². The summed E-state index contributed by atoms with van der Waals surface area (Å²) in [4.78, 5) is 19.5. The fraction of sp³-hybridized carbons (Fsp3) is 0.0638. The van der Waals surface area contributed by atoms with Crippen molar-refractivity contribution in [2.45, 2.75) is 19.3 Å². The third kappa shape index (κ3) is 4.60. The van der Waals surface area contributed by atoms with Crippen LogP contribution in [0.1, 0.15) is 25.0 Å². The standard InChI is InChI=1S/C47H32N4/c1-47(2)39-20-12-11-19-37(39)42-38-25-21-31-27-32(22-24-34(31)41(38)35-17-9-10-18-36(35)43(42)47)40-26-23-33(28-48-40)46-50-44(29-13-5-3-6-14-29)49-45(51-46)30-15-7-4-8-16-30/h3-28H,1-2H3. The number of rotatable bonds is 4. The summed E-state index contributed by atoms with van der Waals surface area (Å²) in [5.74, 6) is 1.86. The number of aromatic nitrogens is 4. The Hall–Kier alpha value is -6.52. The highest BCUT2D eigenvalue weighted by molar-refractivity contribution is 6.26. The van der Waals surface area contributed by atoms with Crippen LogP contribution in [0.3, 0.4) is 0 Å². The Bertz CT molecular complexity index is 2750. The van der Waals surface area contributed by atoms with Crippen LogP contribution in [0, 0.1) is 0 Å². The van der Waals surface area contributed by atoms with Crippen molar-refractivity contribution in [3.8, 4) is 56.5 Å². The van der Waals surface area contributed by atoms with E-state index in [1.807, 2.05) is 66.9 Å². The minimum atomic E-state index is -0.0795. The number of benzene rings is 7. The highest BCUT2D eigenvalue weighted by Crippen LogP contribution is 2.55. The quantitative estimate of drug-likeness (QED) is 0.178. The van der Waals surface area contributed by atoms with Gasteiger partial charge in [-0.3, -0.25) is 4.98 Å². The molecule has 1 aliphatic carbocycles. The van der Waals surface area contributed by atoms with Gasteiger partial charge in [-0.25, -0.2) is 15.0 Å². The molecule has 2 heterocycles. The monoisotopic (exact) mass is 652 g/mol. The van der Waals surface area contributed by atoms with Crippen molar-refractivity contribution in [2.24, 2.45) is 0 Å². The van der Waals surface area contributed by atoms with Gasteiger partial charge >= 0.3 is 0 Å². The van der Waals surface area contributed by atoms with Gasteiger partial charge in [-0.1, -0.05) is 147 Å². The summed E-state index contributed by atoms with van der Waals surface area (Å²) in [6.45, 7) is 4.74. The van der Waals surface area contributed by atoms with Gasteiger partial charge < -0.3 is 0 Å². The maximum Gasteiger partial charge on any atom is 0.165 e. The SMILES string of the molecule is CC1(C)c2ccccc2-c2c1c1ccccc1c1c2ccc2cc(-c3ccc(-c4nc(-c5ccccc5)nc(-c5ccccc5)n4)cn3)ccc21. The highest BCUT2D eigenvalue weighted by atomic mass is 15.0. The van der Waals surface area contributed by atoms with Crippen molar-refractivity contribution in [1.29, 1.82) is 0 Å². The number of hydrogen-bond acceptors (Lipinski definition) is 4. The lowest BCUT2D eigenvalue weighted by molar-refractivity contribution is 0.666. The predicted octanol–water partition coefficient (Wildman–Crippen LogP) is 11.7. The first-order valence-electron chi connectivity index (χ1n) is 17.4.